The van der Waals surface area contributed by atoms with E-state index in [2.05, 4.69) is 52.5 Å². The SMILES string of the molecule is CC(C)CNCc1cncn1C(C)c1ccsc1. The lowest BCUT2D eigenvalue weighted by Gasteiger charge is -2.16. The standard InChI is InChI=1S/C14H21N3S/c1-11(2)6-15-7-14-8-16-10-17(14)12(3)13-4-5-18-9-13/h4-5,8-12,15H,6-7H2,1-3H3. The molecule has 1 N–H and O–H groups in total. The van der Waals surface area contributed by atoms with E-state index in [0.29, 0.717) is 12.0 Å². The van der Waals surface area contributed by atoms with Gasteiger partial charge in [-0.15, -0.1) is 0 Å². The molecule has 4 heteroatoms. The zero-order chi connectivity index (χ0) is 13.0. The van der Waals surface area contributed by atoms with Gasteiger partial charge in [-0.3, -0.25) is 0 Å². The van der Waals surface area contributed by atoms with Crippen molar-refractivity contribution in [1.82, 2.24) is 14.9 Å². The summed E-state index contributed by atoms with van der Waals surface area (Å²) >= 11 is 1.74. The minimum Gasteiger partial charge on any atom is -0.326 e. The van der Waals surface area contributed by atoms with Crippen molar-refractivity contribution in [3.63, 3.8) is 0 Å². The Bertz CT molecular complexity index is 459. The first-order chi connectivity index (χ1) is 8.68. The minimum absolute atomic E-state index is 0.356. The number of hydrogen-bond donors (Lipinski definition) is 1. The number of aromatic nitrogens is 2. The fourth-order valence-corrected chi connectivity index (χ4v) is 2.73. The van der Waals surface area contributed by atoms with Crippen molar-refractivity contribution in [3.05, 3.63) is 40.6 Å². The van der Waals surface area contributed by atoms with E-state index in [4.69, 9.17) is 0 Å². The topological polar surface area (TPSA) is 29.9 Å². The van der Waals surface area contributed by atoms with E-state index in [0.717, 1.165) is 13.1 Å². The van der Waals surface area contributed by atoms with Gasteiger partial charge in [0, 0.05) is 12.7 Å². The first-order valence-corrected chi connectivity index (χ1v) is 7.36. The van der Waals surface area contributed by atoms with Crippen molar-refractivity contribution in [2.45, 2.75) is 33.4 Å². The lowest BCUT2D eigenvalue weighted by molar-refractivity contribution is 0.525. The van der Waals surface area contributed by atoms with Gasteiger partial charge in [-0.05, 0) is 41.8 Å². The van der Waals surface area contributed by atoms with Crippen molar-refractivity contribution in [2.24, 2.45) is 5.92 Å². The van der Waals surface area contributed by atoms with Crippen LogP contribution in [-0.2, 0) is 6.54 Å². The Morgan fingerprint density at radius 2 is 2.22 bits per heavy atom. The Balaban J connectivity index is 2.03. The molecule has 0 bridgehead atoms. The summed E-state index contributed by atoms with van der Waals surface area (Å²) in [5.74, 6) is 0.677. The summed E-state index contributed by atoms with van der Waals surface area (Å²) < 4.78 is 2.25. The van der Waals surface area contributed by atoms with Crippen LogP contribution >= 0.6 is 11.3 Å². The summed E-state index contributed by atoms with van der Waals surface area (Å²) in [7, 11) is 0. The number of hydrogen-bond acceptors (Lipinski definition) is 3. The summed E-state index contributed by atoms with van der Waals surface area (Å²) in [5.41, 5.74) is 2.59. The van der Waals surface area contributed by atoms with Gasteiger partial charge < -0.3 is 9.88 Å². The van der Waals surface area contributed by atoms with Gasteiger partial charge in [-0.25, -0.2) is 4.98 Å². The van der Waals surface area contributed by atoms with Gasteiger partial charge in [0.2, 0.25) is 0 Å². The van der Waals surface area contributed by atoms with Gasteiger partial charge >= 0.3 is 0 Å². The molecule has 3 nitrogen and oxygen atoms in total. The van der Waals surface area contributed by atoms with Gasteiger partial charge in [0.1, 0.15) is 0 Å². The van der Waals surface area contributed by atoms with E-state index in [1.54, 1.807) is 11.3 Å². The third kappa shape index (κ3) is 3.21. The van der Waals surface area contributed by atoms with Crippen molar-refractivity contribution < 1.29 is 0 Å². The molecule has 0 amide bonds. The molecule has 0 spiro atoms. The minimum atomic E-state index is 0.356. The van der Waals surface area contributed by atoms with Crippen LogP contribution in [0.4, 0.5) is 0 Å². The van der Waals surface area contributed by atoms with Gasteiger partial charge in [0.05, 0.1) is 18.1 Å². The van der Waals surface area contributed by atoms with Crippen LogP contribution in [-0.4, -0.2) is 16.1 Å². The van der Waals surface area contributed by atoms with Crippen LogP contribution in [0.15, 0.2) is 29.4 Å². The molecule has 0 aliphatic heterocycles. The van der Waals surface area contributed by atoms with E-state index < -0.39 is 0 Å². The fourth-order valence-electron chi connectivity index (χ4n) is 1.98. The molecule has 1 unspecified atom stereocenters. The summed E-state index contributed by atoms with van der Waals surface area (Å²) in [6.07, 6.45) is 3.88. The van der Waals surface area contributed by atoms with Crippen LogP contribution in [0.2, 0.25) is 0 Å². The van der Waals surface area contributed by atoms with E-state index in [9.17, 15) is 0 Å². The van der Waals surface area contributed by atoms with Gasteiger partial charge in [-0.1, -0.05) is 13.8 Å². The van der Waals surface area contributed by atoms with Crippen molar-refractivity contribution in [1.29, 1.82) is 0 Å². The fraction of sp³-hybridized carbons (Fsp3) is 0.500. The Morgan fingerprint density at radius 3 is 2.89 bits per heavy atom. The van der Waals surface area contributed by atoms with E-state index in [1.807, 2.05) is 12.5 Å². The number of thiophene rings is 1. The maximum absolute atomic E-state index is 4.28. The van der Waals surface area contributed by atoms with Crippen LogP contribution in [0.3, 0.4) is 0 Å². The maximum atomic E-state index is 4.28. The van der Waals surface area contributed by atoms with E-state index >= 15 is 0 Å². The molecule has 2 heterocycles. The number of nitrogens with zero attached hydrogens (tertiary/aromatic N) is 2. The highest BCUT2D eigenvalue weighted by Crippen LogP contribution is 2.21. The molecule has 0 saturated carbocycles. The Morgan fingerprint density at radius 1 is 1.39 bits per heavy atom. The molecule has 18 heavy (non-hydrogen) atoms. The molecule has 1 atom stereocenters. The lowest BCUT2D eigenvalue weighted by atomic mass is 10.2. The zero-order valence-corrected chi connectivity index (χ0v) is 12.1. The predicted molar refractivity (Wildman–Crippen MR) is 76.9 cm³/mol. The van der Waals surface area contributed by atoms with Gasteiger partial charge in [-0.2, -0.15) is 11.3 Å². The second-order valence-electron chi connectivity index (χ2n) is 5.05. The molecule has 0 aromatic carbocycles. The molecule has 0 aliphatic carbocycles. The van der Waals surface area contributed by atoms with Crippen LogP contribution in [0.1, 0.15) is 38.1 Å². The third-order valence-electron chi connectivity index (χ3n) is 3.05. The molecule has 0 radical (unpaired) electrons. The van der Waals surface area contributed by atoms with E-state index in [1.165, 1.54) is 11.3 Å². The first kappa shape index (κ1) is 13.3. The van der Waals surface area contributed by atoms with E-state index in [-0.39, 0.29) is 0 Å². The Hall–Kier alpha value is -1.13. The monoisotopic (exact) mass is 263 g/mol. The quantitative estimate of drug-likeness (QED) is 0.866. The summed E-state index contributed by atoms with van der Waals surface area (Å²) in [4.78, 5) is 4.28. The highest BCUT2D eigenvalue weighted by Gasteiger charge is 2.11. The predicted octanol–water partition coefficient (Wildman–Crippen LogP) is 3.30. The van der Waals surface area contributed by atoms with Crippen LogP contribution in [0.25, 0.3) is 0 Å². The summed E-state index contributed by atoms with van der Waals surface area (Å²) in [6.45, 7) is 8.58. The first-order valence-electron chi connectivity index (χ1n) is 6.42. The van der Waals surface area contributed by atoms with Crippen molar-refractivity contribution in [2.75, 3.05) is 6.54 Å². The zero-order valence-electron chi connectivity index (χ0n) is 11.3. The number of nitrogens with one attached hydrogen (secondary N) is 1. The normalized spacial score (nSPS) is 13.1. The van der Waals surface area contributed by atoms with Crippen LogP contribution in [0, 0.1) is 5.92 Å². The van der Waals surface area contributed by atoms with Gasteiger partial charge in [0.25, 0.3) is 0 Å². The largest absolute Gasteiger partial charge is 0.326 e. The smallest absolute Gasteiger partial charge is 0.0954 e. The molecule has 0 fully saturated rings. The molecular formula is C14H21N3S. The third-order valence-corrected chi connectivity index (χ3v) is 3.75. The lowest BCUT2D eigenvalue weighted by Crippen LogP contribution is -2.21. The molecule has 2 rings (SSSR count). The Labute approximate surface area is 113 Å². The van der Waals surface area contributed by atoms with Crippen molar-refractivity contribution in [3.8, 4) is 0 Å². The maximum Gasteiger partial charge on any atom is 0.0954 e. The molecule has 0 aliphatic rings. The molecule has 98 valence electrons. The molecular weight excluding hydrogens is 242 g/mol. The highest BCUT2D eigenvalue weighted by molar-refractivity contribution is 7.07. The van der Waals surface area contributed by atoms with Crippen molar-refractivity contribution >= 4 is 11.3 Å². The molecule has 2 aromatic heterocycles. The average molecular weight is 263 g/mol. The second kappa shape index (κ2) is 6.16. The molecule has 2 aromatic rings. The molecule has 0 saturated heterocycles. The van der Waals surface area contributed by atoms with Crippen LogP contribution in [0.5, 0.6) is 0 Å². The number of imidazole rings is 1. The summed E-state index contributed by atoms with van der Waals surface area (Å²) in [5, 5.41) is 7.80. The Kier molecular flexibility index (Phi) is 4.55. The second-order valence-corrected chi connectivity index (χ2v) is 5.83. The summed E-state index contributed by atoms with van der Waals surface area (Å²) in [6, 6.07) is 2.54. The van der Waals surface area contributed by atoms with Gasteiger partial charge in [0.15, 0.2) is 0 Å². The number of rotatable bonds is 6. The van der Waals surface area contributed by atoms with Crippen LogP contribution < -0.4 is 5.32 Å². The highest BCUT2D eigenvalue weighted by atomic mass is 32.1. The average Bonchev–Trinajstić information content (AvgIpc) is 2.98.